The van der Waals surface area contributed by atoms with E-state index in [1.165, 1.54) is 10.9 Å². The third-order valence-corrected chi connectivity index (χ3v) is 8.39. The Hall–Kier alpha value is -2.45. The van der Waals surface area contributed by atoms with Crippen LogP contribution in [0.15, 0.2) is 53.9 Å². The third-order valence-electron chi connectivity index (χ3n) is 6.65. The Morgan fingerprint density at radius 1 is 0.943 bits per heavy atom. The number of rotatable bonds is 4. The number of fused-ring (bicyclic) bond motifs is 1. The summed E-state index contributed by atoms with van der Waals surface area (Å²) in [4.78, 5) is 33.1. The molecule has 9 heteroatoms. The largest absolute Gasteiger partial charge is 0.338 e. The first-order chi connectivity index (χ1) is 16.9. The summed E-state index contributed by atoms with van der Waals surface area (Å²) in [5.74, 6) is -0.381. The minimum atomic E-state index is -0.279. The van der Waals surface area contributed by atoms with Crippen LogP contribution in [0.2, 0.25) is 10.0 Å². The number of nitrogens with zero attached hydrogens (tertiary/aromatic N) is 3. The summed E-state index contributed by atoms with van der Waals surface area (Å²) >= 11 is 13.7. The molecule has 3 aromatic rings. The predicted molar refractivity (Wildman–Crippen MR) is 137 cm³/mol. The zero-order chi connectivity index (χ0) is 24.5. The summed E-state index contributed by atoms with van der Waals surface area (Å²) < 4.78 is 14.0. The van der Waals surface area contributed by atoms with E-state index in [-0.39, 0.29) is 30.2 Å². The van der Waals surface area contributed by atoms with Gasteiger partial charge in [0.2, 0.25) is 5.91 Å². The summed E-state index contributed by atoms with van der Waals surface area (Å²) in [6.07, 6.45) is 0.873. The molecule has 182 valence electrons. The first-order valence-corrected chi connectivity index (χ1v) is 13.1. The van der Waals surface area contributed by atoms with Crippen molar-refractivity contribution in [1.82, 2.24) is 14.7 Å². The second kappa shape index (κ2) is 10.3. The first-order valence-electron chi connectivity index (χ1n) is 11.5. The molecule has 5 nitrogen and oxygen atoms in total. The molecule has 2 aromatic carbocycles. The summed E-state index contributed by atoms with van der Waals surface area (Å²) in [7, 11) is 0. The molecule has 1 saturated heterocycles. The molecule has 0 N–H and O–H groups in total. The van der Waals surface area contributed by atoms with Crippen molar-refractivity contribution in [2.75, 3.05) is 39.3 Å². The number of halogens is 3. The number of piperazine rings is 1. The molecule has 5 rings (SSSR count). The van der Waals surface area contributed by atoms with Gasteiger partial charge in [0.1, 0.15) is 5.82 Å². The molecule has 2 aliphatic rings. The maximum Gasteiger partial charge on any atom is 0.254 e. The summed E-state index contributed by atoms with van der Waals surface area (Å²) in [5.41, 5.74) is 2.49. The molecule has 2 amide bonds. The molecule has 0 saturated carbocycles. The summed E-state index contributed by atoms with van der Waals surface area (Å²) in [5, 5.41) is 2.81. The van der Waals surface area contributed by atoms with Crippen LogP contribution in [-0.2, 0) is 11.2 Å². The van der Waals surface area contributed by atoms with Crippen LogP contribution in [0.5, 0.6) is 0 Å². The topological polar surface area (TPSA) is 43.9 Å². The van der Waals surface area contributed by atoms with Crippen molar-refractivity contribution in [3.63, 3.8) is 0 Å². The fourth-order valence-corrected chi connectivity index (χ4v) is 6.05. The van der Waals surface area contributed by atoms with Gasteiger partial charge >= 0.3 is 0 Å². The van der Waals surface area contributed by atoms with Crippen LogP contribution in [0.1, 0.15) is 32.4 Å². The van der Waals surface area contributed by atoms with Crippen molar-refractivity contribution in [2.45, 2.75) is 12.5 Å². The lowest BCUT2D eigenvalue weighted by Crippen LogP contribution is -2.53. The fourth-order valence-electron chi connectivity index (χ4n) is 4.85. The van der Waals surface area contributed by atoms with E-state index >= 15 is 0 Å². The number of amides is 2. The second-order valence-electron chi connectivity index (χ2n) is 8.78. The maximum absolute atomic E-state index is 14.0. The monoisotopic (exact) mass is 531 g/mol. The van der Waals surface area contributed by atoms with E-state index in [2.05, 4.69) is 16.3 Å². The SMILES string of the molecule is O=C(CN1CCc2sccc2[C@@H]1c1cccc(F)c1)N1CCN(C(=O)c2ccc(Cl)c(Cl)c2)CC1. The smallest absolute Gasteiger partial charge is 0.254 e. The molecular weight excluding hydrogens is 508 g/mol. The summed E-state index contributed by atoms with van der Waals surface area (Å²) in [6.45, 7) is 2.81. The third kappa shape index (κ3) is 5.09. The Kier molecular flexibility index (Phi) is 7.12. The molecule has 1 atom stereocenters. The number of hydrogen-bond acceptors (Lipinski definition) is 4. The van der Waals surface area contributed by atoms with Crippen LogP contribution in [0.25, 0.3) is 0 Å². The van der Waals surface area contributed by atoms with Crippen molar-refractivity contribution >= 4 is 46.4 Å². The Morgan fingerprint density at radius 3 is 2.46 bits per heavy atom. The highest BCUT2D eigenvalue weighted by atomic mass is 35.5. The quantitative estimate of drug-likeness (QED) is 0.468. The van der Waals surface area contributed by atoms with E-state index in [9.17, 15) is 14.0 Å². The molecule has 35 heavy (non-hydrogen) atoms. The molecule has 2 aliphatic heterocycles. The average Bonchev–Trinajstić information content (AvgIpc) is 3.34. The standard InChI is InChI=1S/C26H24Cl2FN3O2S/c27-21-5-4-18(15-22(21)28)26(34)31-11-9-30(10-12-31)24(33)16-32-8-6-23-20(7-13-35-23)25(32)17-2-1-3-19(29)14-17/h1-5,7,13-15,25H,6,8-12,16H2/t25-/m0/s1. The molecule has 0 aliphatic carbocycles. The lowest BCUT2D eigenvalue weighted by molar-refractivity contribution is -0.134. The Morgan fingerprint density at radius 2 is 1.71 bits per heavy atom. The van der Waals surface area contributed by atoms with Crippen LogP contribution in [0, 0.1) is 5.82 Å². The number of carbonyl (C=O) groups is 2. The minimum Gasteiger partial charge on any atom is -0.338 e. The van der Waals surface area contributed by atoms with Crippen LogP contribution >= 0.6 is 34.5 Å². The molecule has 0 radical (unpaired) electrons. The van der Waals surface area contributed by atoms with Gasteiger partial charge in [0.15, 0.2) is 0 Å². The van der Waals surface area contributed by atoms with Crippen LogP contribution < -0.4 is 0 Å². The molecule has 3 heterocycles. The van der Waals surface area contributed by atoms with Gasteiger partial charge in [-0.1, -0.05) is 35.3 Å². The average molecular weight is 532 g/mol. The number of hydrogen-bond donors (Lipinski definition) is 0. The van der Waals surface area contributed by atoms with Gasteiger partial charge < -0.3 is 9.80 Å². The second-order valence-corrected chi connectivity index (χ2v) is 10.6. The highest BCUT2D eigenvalue weighted by molar-refractivity contribution is 7.10. The Labute approximate surface area is 217 Å². The number of thiophene rings is 1. The van der Waals surface area contributed by atoms with E-state index in [0.29, 0.717) is 41.8 Å². The normalized spacial score (nSPS) is 18.4. The summed E-state index contributed by atoms with van der Waals surface area (Å²) in [6, 6.07) is 13.4. The van der Waals surface area contributed by atoms with E-state index in [1.54, 1.807) is 46.6 Å². The fraction of sp³-hybridized carbons (Fsp3) is 0.308. The molecule has 0 bridgehead atoms. The highest BCUT2D eigenvalue weighted by Crippen LogP contribution is 2.37. The maximum atomic E-state index is 14.0. The zero-order valence-electron chi connectivity index (χ0n) is 18.9. The lowest BCUT2D eigenvalue weighted by atomic mass is 9.93. The van der Waals surface area contributed by atoms with E-state index in [0.717, 1.165) is 24.1 Å². The van der Waals surface area contributed by atoms with Gasteiger partial charge in [-0.05, 0) is 59.3 Å². The van der Waals surface area contributed by atoms with Crippen molar-refractivity contribution in [3.8, 4) is 0 Å². The Balaban J connectivity index is 1.25. The highest BCUT2D eigenvalue weighted by Gasteiger charge is 2.33. The molecule has 0 unspecified atom stereocenters. The van der Waals surface area contributed by atoms with Crippen molar-refractivity contribution in [1.29, 1.82) is 0 Å². The van der Waals surface area contributed by atoms with Gasteiger partial charge in [-0.3, -0.25) is 14.5 Å². The van der Waals surface area contributed by atoms with Gasteiger partial charge in [0.05, 0.1) is 22.6 Å². The number of carbonyl (C=O) groups excluding carboxylic acids is 2. The van der Waals surface area contributed by atoms with Gasteiger partial charge in [-0.15, -0.1) is 11.3 Å². The van der Waals surface area contributed by atoms with Crippen molar-refractivity contribution < 1.29 is 14.0 Å². The van der Waals surface area contributed by atoms with E-state index in [1.807, 2.05) is 11.0 Å². The van der Waals surface area contributed by atoms with Crippen LogP contribution in [-0.4, -0.2) is 65.8 Å². The van der Waals surface area contributed by atoms with Crippen LogP contribution in [0.3, 0.4) is 0 Å². The zero-order valence-corrected chi connectivity index (χ0v) is 21.3. The Bertz CT molecular complexity index is 1260. The van der Waals surface area contributed by atoms with Crippen LogP contribution in [0.4, 0.5) is 4.39 Å². The van der Waals surface area contributed by atoms with E-state index < -0.39 is 0 Å². The molecule has 1 aromatic heterocycles. The van der Waals surface area contributed by atoms with E-state index in [4.69, 9.17) is 23.2 Å². The first kappa shape index (κ1) is 24.3. The van der Waals surface area contributed by atoms with Gasteiger partial charge in [-0.2, -0.15) is 0 Å². The molecule has 0 spiro atoms. The van der Waals surface area contributed by atoms with Gasteiger partial charge in [0, 0.05) is 43.2 Å². The van der Waals surface area contributed by atoms with Crippen molar-refractivity contribution in [3.05, 3.63) is 91.3 Å². The van der Waals surface area contributed by atoms with Gasteiger partial charge in [0.25, 0.3) is 5.91 Å². The lowest BCUT2D eigenvalue weighted by Gasteiger charge is -2.39. The van der Waals surface area contributed by atoms with Gasteiger partial charge in [-0.25, -0.2) is 4.39 Å². The minimum absolute atomic E-state index is 0.0201. The molecular formula is C26H24Cl2FN3O2S. The predicted octanol–water partition coefficient (Wildman–Crippen LogP) is 5.13. The molecule has 1 fully saturated rings. The van der Waals surface area contributed by atoms with Crippen molar-refractivity contribution in [2.24, 2.45) is 0 Å². The number of benzene rings is 2.